The molecule has 1 saturated heterocycles. The summed E-state index contributed by atoms with van der Waals surface area (Å²) in [4.78, 5) is 15.2. The highest BCUT2D eigenvalue weighted by atomic mass is 35.5. The first kappa shape index (κ1) is 24.7. The smallest absolute Gasteiger partial charge is 0.329 e. The van der Waals surface area contributed by atoms with Gasteiger partial charge in [-0.15, -0.1) is 24.8 Å². The molecule has 0 unspecified atom stereocenters. The van der Waals surface area contributed by atoms with Crippen molar-refractivity contribution in [3.05, 3.63) is 70.7 Å². The molecule has 28 heavy (non-hydrogen) atoms. The predicted octanol–water partition coefficient (Wildman–Crippen LogP) is 3.95. The van der Waals surface area contributed by atoms with Crippen LogP contribution in [0.1, 0.15) is 17.2 Å². The molecule has 0 aromatic heterocycles. The van der Waals surface area contributed by atoms with E-state index in [0.29, 0.717) is 6.73 Å². The summed E-state index contributed by atoms with van der Waals surface area (Å²) in [5, 5.41) is 9.41. The molecule has 1 atom stereocenters. The Labute approximate surface area is 183 Å². The molecule has 1 N–H and O–H groups in total. The summed E-state index contributed by atoms with van der Waals surface area (Å²) in [5.41, 5.74) is 2.47. The molecule has 0 bridgehead atoms. The molecule has 0 saturated carbocycles. The van der Waals surface area contributed by atoms with E-state index in [-0.39, 0.29) is 37.5 Å². The van der Waals surface area contributed by atoms with Crippen LogP contribution in [0.5, 0.6) is 0 Å². The van der Waals surface area contributed by atoms with Gasteiger partial charge in [0.25, 0.3) is 0 Å². The van der Waals surface area contributed by atoms with Gasteiger partial charge in [-0.05, 0) is 23.3 Å². The van der Waals surface area contributed by atoms with Crippen LogP contribution in [-0.2, 0) is 9.53 Å². The van der Waals surface area contributed by atoms with E-state index < -0.39 is 5.97 Å². The molecule has 2 aromatic carbocycles. The molecule has 1 heterocycles. The van der Waals surface area contributed by atoms with Crippen molar-refractivity contribution < 1.29 is 14.6 Å². The van der Waals surface area contributed by atoms with E-state index in [1.807, 2.05) is 18.2 Å². The number of nitrogens with zero attached hydrogens (tertiary/aromatic N) is 2. The van der Waals surface area contributed by atoms with E-state index in [9.17, 15) is 4.79 Å². The Balaban J connectivity index is 0.00000196. The topological polar surface area (TPSA) is 53.0 Å². The van der Waals surface area contributed by atoms with E-state index >= 15 is 0 Å². The molecule has 0 radical (unpaired) electrons. The van der Waals surface area contributed by atoms with Crippen molar-refractivity contribution >= 4 is 42.4 Å². The van der Waals surface area contributed by atoms with Crippen molar-refractivity contribution in [3.63, 3.8) is 0 Å². The van der Waals surface area contributed by atoms with Crippen LogP contribution in [0.25, 0.3) is 0 Å². The van der Waals surface area contributed by atoms with Gasteiger partial charge in [-0.2, -0.15) is 0 Å². The second-order valence-corrected chi connectivity index (χ2v) is 6.83. The fourth-order valence-electron chi connectivity index (χ4n) is 3.31. The molecule has 0 aliphatic carbocycles. The summed E-state index contributed by atoms with van der Waals surface area (Å²) in [6.07, 6.45) is 0. The summed E-state index contributed by atoms with van der Waals surface area (Å²) in [5.74, 6) is -0.935. The summed E-state index contributed by atoms with van der Waals surface area (Å²) < 4.78 is 5.21. The van der Waals surface area contributed by atoms with Crippen LogP contribution in [-0.4, -0.2) is 60.4 Å². The molecule has 1 aliphatic heterocycles. The lowest BCUT2D eigenvalue weighted by molar-refractivity contribution is -0.144. The van der Waals surface area contributed by atoms with E-state index in [2.05, 4.69) is 46.2 Å². The quantitative estimate of drug-likeness (QED) is 0.696. The average Bonchev–Trinajstić information content (AvgIpc) is 2.65. The first-order valence-electron chi connectivity index (χ1n) is 8.70. The van der Waals surface area contributed by atoms with Crippen LogP contribution < -0.4 is 0 Å². The summed E-state index contributed by atoms with van der Waals surface area (Å²) in [7, 11) is 0. The van der Waals surface area contributed by atoms with E-state index in [4.69, 9.17) is 21.4 Å². The Bertz CT molecular complexity index is 708. The second kappa shape index (κ2) is 12.3. The van der Waals surface area contributed by atoms with Gasteiger partial charge < -0.3 is 9.84 Å². The number of aliphatic carboxylic acids is 1. The molecule has 0 spiro atoms. The zero-order valence-corrected chi connectivity index (χ0v) is 17.8. The number of carbonyl (C=O) groups is 1. The van der Waals surface area contributed by atoms with E-state index in [1.165, 1.54) is 11.1 Å². The minimum atomic E-state index is -0.935. The number of carboxylic acids is 1. The Morgan fingerprint density at radius 2 is 1.54 bits per heavy atom. The van der Waals surface area contributed by atoms with Crippen LogP contribution in [0, 0.1) is 0 Å². The molecular formula is C20H25Cl3N2O3. The van der Waals surface area contributed by atoms with Gasteiger partial charge in [0.15, 0.2) is 0 Å². The highest BCUT2D eigenvalue weighted by molar-refractivity contribution is 6.30. The number of rotatable bonds is 7. The standard InChI is InChI=1S/C20H23ClN2O3.2ClH/c21-18-8-6-17(7-9-18)20(16-4-2-1-3-5-16)23-12-10-22(11-13-23)15-26-14-19(24)25;;/h1-9,20H,10-15H2,(H,24,25);2*1H/t20-;;/m1../s1. The molecule has 3 rings (SSSR count). The molecule has 2 aromatic rings. The number of hydrogen-bond donors (Lipinski definition) is 1. The predicted molar refractivity (Wildman–Crippen MR) is 116 cm³/mol. The normalized spacial score (nSPS) is 15.9. The molecule has 8 heteroatoms. The largest absolute Gasteiger partial charge is 0.480 e. The maximum Gasteiger partial charge on any atom is 0.329 e. The zero-order chi connectivity index (χ0) is 18.4. The number of halogens is 3. The van der Waals surface area contributed by atoms with Gasteiger partial charge >= 0.3 is 5.97 Å². The SMILES string of the molecule is Cl.Cl.O=C(O)COCN1CCN([C@H](c2ccccc2)c2ccc(Cl)cc2)CC1. The molecular weight excluding hydrogens is 423 g/mol. The first-order chi connectivity index (χ1) is 12.6. The molecule has 5 nitrogen and oxygen atoms in total. The fourth-order valence-corrected chi connectivity index (χ4v) is 3.43. The Morgan fingerprint density at radius 1 is 0.964 bits per heavy atom. The number of ether oxygens (including phenoxy) is 1. The van der Waals surface area contributed by atoms with Gasteiger partial charge in [-0.1, -0.05) is 54.1 Å². The highest BCUT2D eigenvalue weighted by Crippen LogP contribution is 2.30. The monoisotopic (exact) mass is 446 g/mol. The number of benzene rings is 2. The molecule has 1 fully saturated rings. The lowest BCUT2D eigenvalue weighted by atomic mass is 9.96. The lowest BCUT2D eigenvalue weighted by Gasteiger charge is -2.39. The maximum atomic E-state index is 10.6. The van der Waals surface area contributed by atoms with Crippen LogP contribution >= 0.6 is 36.4 Å². The van der Waals surface area contributed by atoms with Gasteiger partial charge in [-0.25, -0.2) is 4.79 Å². The summed E-state index contributed by atoms with van der Waals surface area (Å²) >= 11 is 6.06. The van der Waals surface area contributed by atoms with Crippen molar-refractivity contribution in [1.82, 2.24) is 9.80 Å². The number of piperazine rings is 1. The first-order valence-corrected chi connectivity index (χ1v) is 9.07. The van der Waals surface area contributed by atoms with Crippen LogP contribution in [0.2, 0.25) is 5.02 Å². The summed E-state index contributed by atoms with van der Waals surface area (Å²) in [6, 6.07) is 18.7. The van der Waals surface area contributed by atoms with E-state index in [1.54, 1.807) is 0 Å². The van der Waals surface area contributed by atoms with Crippen LogP contribution in [0.4, 0.5) is 0 Å². The van der Waals surface area contributed by atoms with Crippen molar-refractivity contribution in [2.75, 3.05) is 39.5 Å². The van der Waals surface area contributed by atoms with Crippen LogP contribution in [0.15, 0.2) is 54.6 Å². The highest BCUT2D eigenvalue weighted by Gasteiger charge is 2.26. The number of carboxylic acid groups (broad SMARTS) is 1. The third kappa shape index (κ3) is 6.92. The minimum Gasteiger partial charge on any atom is -0.480 e. The number of hydrogen-bond acceptors (Lipinski definition) is 4. The Kier molecular flexibility index (Phi) is 10.8. The van der Waals surface area contributed by atoms with Gasteiger partial charge in [0, 0.05) is 31.2 Å². The van der Waals surface area contributed by atoms with Crippen LogP contribution in [0.3, 0.4) is 0 Å². The Morgan fingerprint density at radius 3 is 2.11 bits per heavy atom. The summed E-state index contributed by atoms with van der Waals surface area (Å²) in [6.45, 7) is 3.57. The Hall–Kier alpha value is -1.34. The second-order valence-electron chi connectivity index (χ2n) is 6.39. The van der Waals surface area contributed by atoms with Gasteiger partial charge in [0.2, 0.25) is 0 Å². The van der Waals surface area contributed by atoms with E-state index in [0.717, 1.165) is 31.2 Å². The molecule has 0 amide bonds. The van der Waals surface area contributed by atoms with Gasteiger partial charge in [0.1, 0.15) is 6.61 Å². The lowest BCUT2D eigenvalue weighted by Crippen LogP contribution is -2.48. The van der Waals surface area contributed by atoms with Crippen molar-refractivity contribution in [2.45, 2.75) is 6.04 Å². The minimum absolute atomic E-state index is 0. The van der Waals surface area contributed by atoms with Gasteiger partial charge in [0.05, 0.1) is 12.8 Å². The van der Waals surface area contributed by atoms with Crippen molar-refractivity contribution in [2.24, 2.45) is 0 Å². The van der Waals surface area contributed by atoms with Crippen molar-refractivity contribution in [3.8, 4) is 0 Å². The average molecular weight is 448 g/mol. The van der Waals surface area contributed by atoms with Crippen molar-refractivity contribution in [1.29, 1.82) is 0 Å². The third-order valence-electron chi connectivity index (χ3n) is 4.57. The van der Waals surface area contributed by atoms with Gasteiger partial charge in [-0.3, -0.25) is 9.80 Å². The maximum absolute atomic E-state index is 10.6. The molecule has 1 aliphatic rings. The molecule has 154 valence electrons. The third-order valence-corrected chi connectivity index (χ3v) is 4.82. The zero-order valence-electron chi connectivity index (χ0n) is 15.4. The fraction of sp³-hybridized carbons (Fsp3) is 0.350.